The number of nitriles is 1. The summed E-state index contributed by atoms with van der Waals surface area (Å²) >= 11 is 12.7. The van der Waals surface area contributed by atoms with E-state index in [1.54, 1.807) is 42.5 Å². The number of anilines is 1. The molecular formula is C23H15Br2ClN2O2. The topological polar surface area (TPSA) is 62.1 Å². The van der Waals surface area contributed by atoms with E-state index in [2.05, 4.69) is 37.2 Å². The average molecular weight is 547 g/mol. The average Bonchev–Trinajstić information content (AvgIpc) is 2.72. The number of nitrogens with zero attached hydrogens (tertiary/aromatic N) is 1. The van der Waals surface area contributed by atoms with E-state index in [1.807, 2.05) is 30.3 Å². The van der Waals surface area contributed by atoms with Crippen LogP contribution in [0.4, 0.5) is 5.69 Å². The van der Waals surface area contributed by atoms with Crippen molar-refractivity contribution in [3.05, 3.63) is 97.4 Å². The Bertz CT molecular complexity index is 1140. The van der Waals surface area contributed by atoms with Gasteiger partial charge in [0.1, 0.15) is 24.0 Å². The van der Waals surface area contributed by atoms with Crippen molar-refractivity contribution >= 4 is 61.1 Å². The zero-order valence-corrected chi connectivity index (χ0v) is 19.5. The predicted octanol–water partition coefficient (Wildman–Crippen LogP) is 6.99. The van der Waals surface area contributed by atoms with Gasteiger partial charge in [-0.25, -0.2) is 0 Å². The summed E-state index contributed by atoms with van der Waals surface area (Å²) in [6, 6.07) is 21.9. The molecule has 0 aliphatic carbocycles. The van der Waals surface area contributed by atoms with Crippen LogP contribution in [-0.2, 0) is 11.4 Å². The van der Waals surface area contributed by atoms with Crippen LogP contribution in [0.1, 0.15) is 11.1 Å². The van der Waals surface area contributed by atoms with Gasteiger partial charge in [-0.15, -0.1) is 0 Å². The van der Waals surface area contributed by atoms with Crippen LogP contribution in [0.25, 0.3) is 6.08 Å². The first-order valence-electron chi connectivity index (χ1n) is 8.80. The maximum absolute atomic E-state index is 12.6. The van der Waals surface area contributed by atoms with Crippen molar-refractivity contribution in [3.63, 3.8) is 0 Å². The number of ether oxygens (including phenoxy) is 1. The highest BCUT2D eigenvalue weighted by Gasteiger charge is 2.12. The van der Waals surface area contributed by atoms with Crippen molar-refractivity contribution < 1.29 is 9.53 Å². The molecule has 0 aromatic heterocycles. The third-order valence-corrected chi connectivity index (χ3v) is 5.27. The van der Waals surface area contributed by atoms with Crippen LogP contribution in [0.2, 0.25) is 5.02 Å². The maximum atomic E-state index is 12.6. The summed E-state index contributed by atoms with van der Waals surface area (Å²) in [5.74, 6) is 0.0513. The van der Waals surface area contributed by atoms with Gasteiger partial charge in [-0.05, 0) is 60.2 Å². The van der Waals surface area contributed by atoms with Gasteiger partial charge >= 0.3 is 0 Å². The fourth-order valence-electron chi connectivity index (χ4n) is 2.57. The van der Waals surface area contributed by atoms with Crippen molar-refractivity contribution in [1.82, 2.24) is 0 Å². The fourth-order valence-corrected chi connectivity index (χ4v) is 3.48. The highest BCUT2D eigenvalue weighted by atomic mass is 79.9. The largest absolute Gasteiger partial charge is 0.488 e. The normalized spacial score (nSPS) is 10.9. The van der Waals surface area contributed by atoms with Crippen molar-refractivity contribution in [2.75, 3.05) is 5.32 Å². The molecule has 1 N–H and O–H groups in total. The molecule has 0 fully saturated rings. The van der Waals surface area contributed by atoms with Crippen LogP contribution in [0.3, 0.4) is 0 Å². The van der Waals surface area contributed by atoms with Gasteiger partial charge in [0.15, 0.2) is 0 Å². The molecule has 0 spiro atoms. The number of benzene rings is 3. The van der Waals surface area contributed by atoms with Crippen LogP contribution < -0.4 is 10.1 Å². The lowest BCUT2D eigenvalue weighted by Crippen LogP contribution is -2.13. The Labute approximate surface area is 196 Å². The van der Waals surface area contributed by atoms with Gasteiger partial charge in [-0.2, -0.15) is 5.26 Å². The van der Waals surface area contributed by atoms with Crippen LogP contribution in [0.15, 0.2) is 81.2 Å². The summed E-state index contributed by atoms with van der Waals surface area (Å²) in [6.45, 7) is 0.325. The number of carbonyl (C=O) groups excluding carboxylic acids is 1. The Morgan fingerprint density at radius 2 is 1.80 bits per heavy atom. The lowest BCUT2D eigenvalue weighted by molar-refractivity contribution is -0.112. The lowest BCUT2D eigenvalue weighted by Gasteiger charge is -2.11. The second-order valence-corrected chi connectivity index (χ2v) is 8.50. The molecule has 0 atom stereocenters. The molecule has 30 heavy (non-hydrogen) atoms. The first-order chi connectivity index (χ1) is 14.4. The van der Waals surface area contributed by atoms with E-state index in [9.17, 15) is 10.1 Å². The summed E-state index contributed by atoms with van der Waals surface area (Å²) in [5.41, 5.74) is 2.11. The van der Waals surface area contributed by atoms with Gasteiger partial charge in [-0.1, -0.05) is 61.7 Å². The molecular weight excluding hydrogens is 532 g/mol. The van der Waals surface area contributed by atoms with E-state index < -0.39 is 5.91 Å². The van der Waals surface area contributed by atoms with E-state index in [4.69, 9.17) is 16.3 Å². The highest BCUT2D eigenvalue weighted by molar-refractivity contribution is 9.10. The molecule has 4 nitrogen and oxygen atoms in total. The molecule has 1 amide bonds. The predicted molar refractivity (Wildman–Crippen MR) is 126 cm³/mol. The number of rotatable bonds is 6. The molecule has 7 heteroatoms. The highest BCUT2D eigenvalue weighted by Crippen LogP contribution is 2.27. The van der Waals surface area contributed by atoms with Gasteiger partial charge in [-0.3, -0.25) is 4.79 Å². The number of nitrogens with one attached hydrogen (secondary N) is 1. The summed E-state index contributed by atoms with van der Waals surface area (Å²) in [6.07, 6.45) is 1.51. The molecule has 0 saturated carbocycles. The van der Waals surface area contributed by atoms with Gasteiger partial charge < -0.3 is 10.1 Å². The van der Waals surface area contributed by atoms with Crippen LogP contribution in [0, 0.1) is 11.3 Å². The minimum absolute atomic E-state index is 0.0376. The summed E-state index contributed by atoms with van der Waals surface area (Å²) in [4.78, 5) is 12.6. The third kappa shape index (κ3) is 6.20. The van der Waals surface area contributed by atoms with Crippen LogP contribution in [-0.4, -0.2) is 5.91 Å². The van der Waals surface area contributed by atoms with Crippen LogP contribution in [0.5, 0.6) is 5.75 Å². The third-order valence-electron chi connectivity index (χ3n) is 4.03. The number of amides is 1. The summed E-state index contributed by atoms with van der Waals surface area (Å²) < 4.78 is 7.55. The second kappa shape index (κ2) is 10.4. The molecule has 3 aromatic carbocycles. The number of hydrogen-bond acceptors (Lipinski definition) is 3. The molecule has 0 heterocycles. The minimum Gasteiger partial charge on any atom is -0.488 e. The van der Waals surface area contributed by atoms with Gasteiger partial charge in [0.2, 0.25) is 0 Å². The minimum atomic E-state index is -0.501. The maximum Gasteiger partial charge on any atom is 0.266 e. The molecule has 0 unspecified atom stereocenters. The zero-order chi connectivity index (χ0) is 21.5. The first kappa shape index (κ1) is 22.1. The molecule has 0 saturated heterocycles. The number of carbonyl (C=O) groups is 1. The zero-order valence-electron chi connectivity index (χ0n) is 15.5. The molecule has 0 radical (unpaired) electrons. The van der Waals surface area contributed by atoms with Crippen molar-refractivity contribution in [1.29, 1.82) is 5.26 Å². The molecule has 150 valence electrons. The van der Waals surface area contributed by atoms with Gasteiger partial charge in [0.25, 0.3) is 5.91 Å². The summed E-state index contributed by atoms with van der Waals surface area (Å²) in [5, 5.41) is 12.9. The van der Waals surface area contributed by atoms with E-state index in [-0.39, 0.29) is 5.57 Å². The lowest BCUT2D eigenvalue weighted by atomic mass is 10.1. The number of halogens is 3. The van der Waals surface area contributed by atoms with Crippen molar-refractivity contribution in [2.45, 2.75) is 6.61 Å². The Hall–Kier alpha value is -2.59. The Morgan fingerprint density at radius 3 is 2.50 bits per heavy atom. The first-order valence-corrected chi connectivity index (χ1v) is 10.8. The quantitative estimate of drug-likeness (QED) is 0.268. The van der Waals surface area contributed by atoms with E-state index in [0.29, 0.717) is 28.6 Å². The smallest absolute Gasteiger partial charge is 0.266 e. The van der Waals surface area contributed by atoms with Crippen molar-refractivity contribution in [3.8, 4) is 11.8 Å². The molecule has 3 aromatic rings. The second-order valence-electron chi connectivity index (χ2n) is 6.23. The van der Waals surface area contributed by atoms with E-state index >= 15 is 0 Å². The van der Waals surface area contributed by atoms with Crippen molar-refractivity contribution in [2.24, 2.45) is 0 Å². The molecule has 3 rings (SSSR count). The number of hydrogen-bond donors (Lipinski definition) is 1. The van der Waals surface area contributed by atoms with Gasteiger partial charge in [0.05, 0.1) is 0 Å². The monoisotopic (exact) mass is 544 g/mol. The van der Waals surface area contributed by atoms with E-state index in [0.717, 1.165) is 14.5 Å². The molecule has 0 aliphatic rings. The summed E-state index contributed by atoms with van der Waals surface area (Å²) in [7, 11) is 0. The standard InChI is InChI=1S/C23H15Br2ClN2O2/c24-18-2-1-3-21(12-18)28-23(29)17(13-27)10-16-11-19(25)6-9-22(16)30-14-15-4-7-20(26)8-5-15/h1-12H,14H2,(H,28,29)/b17-10-. The molecule has 0 bridgehead atoms. The van der Waals surface area contributed by atoms with Crippen LogP contribution >= 0.6 is 43.5 Å². The fraction of sp³-hybridized carbons (Fsp3) is 0.0435. The van der Waals surface area contributed by atoms with Gasteiger partial charge in [0, 0.05) is 25.2 Å². The Kier molecular flexibility index (Phi) is 7.69. The van der Waals surface area contributed by atoms with E-state index in [1.165, 1.54) is 6.08 Å². The Balaban J connectivity index is 1.82. The SMILES string of the molecule is N#C/C(=C/c1cc(Br)ccc1OCc1ccc(Cl)cc1)C(=O)Nc1cccc(Br)c1. The molecule has 0 aliphatic heterocycles. The Morgan fingerprint density at radius 1 is 1.07 bits per heavy atom.